The van der Waals surface area contributed by atoms with Crippen LogP contribution >= 0.6 is 0 Å². The van der Waals surface area contributed by atoms with Crippen molar-refractivity contribution in [3.05, 3.63) is 212 Å². The molecule has 0 aliphatic heterocycles. The molecule has 0 aromatic heterocycles. The Morgan fingerprint density at radius 2 is 0.755 bits per heavy atom. The maximum absolute atomic E-state index is 2.48. The number of nitrogens with zero attached hydrogens (tertiary/aromatic N) is 1. The van der Waals surface area contributed by atoms with Gasteiger partial charge in [-0.15, -0.1) is 0 Å². The molecule has 248 valence electrons. The quantitative estimate of drug-likeness (QED) is 0.170. The van der Waals surface area contributed by atoms with Crippen LogP contribution in [0, 0.1) is 0 Å². The Hall–Kier alpha value is -6.96. The van der Waals surface area contributed by atoms with Gasteiger partial charge in [-0.2, -0.15) is 0 Å². The number of benzene rings is 10. The van der Waals surface area contributed by atoms with Crippen molar-refractivity contribution in [3.8, 4) is 33.4 Å². The molecule has 0 saturated heterocycles. The molecule has 10 aromatic rings. The van der Waals surface area contributed by atoms with Gasteiger partial charge in [0.25, 0.3) is 0 Å². The molecule has 0 aliphatic rings. The van der Waals surface area contributed by atoms with Crippen LogP contribution in [0.3, 0.4) is 0 Å². The molecular formula is C52H35N. The summed E-state index contributed by atoms with van der Waals surface area (Å²) in [4.78, 5) is 2.48. The minimum Gasteiger partial charge on any atom is -0.309 e. The SMILES string of the molecule is c1cc(-c2cccc3ccccc23)cc(N(c2cc(-c3ccc4ccccc4c3)ccc2-c2ccc3ccccc3c2)c2cccc3ccccc23)c1. The zero-order chi connectivity index (χ0) is 35.1. The summed E-state index contributed by atoms with van der Waals surface area (Å²) in [7, 11) is 0. The number of rotatable bonds is 6. The number of hydrogen-bond acceptors (Lipinski definition) is 1. The van der Waals surface area contributed by atoms with E-state index in [0.717, 1.165) is 17.1 Å². The molecule has 0 bridgehead atoms. The van der Waals surface area contributed by atoms with E-state index in [0.29, 0.717) is 0 Å². The van der Waals surface area contributed by atoms with Crippen molar-refractivity contribution in [2.45, 2.75) is 0 Å². The average molecular weight is 674 g/mol. The summed E-state index contributed by atoms with van der Waals surface area (Å²) in [6.45, 7) is 0. The molecule has 0 atom stereocenters. The highest BCUT2D eigenvalue weighted by atomic mass is 15.1. The Bertz CT molecular complexity index is 2960. The summed E-state index contributed by atoms with van der Waals surface area (Å²) in [6.07, 6.45) is 0. The molecule has 0 spiro atoms. The van der Waals surface area contributed by atoms with E-state index in [2.05, 4.69) is 217 Å². The molecule has 0 fully saturated rings. The maximum atomic E-state index is 2.48. The predicted octanol–water partition coefficient (Wildman–Crippen LogP) is 14.8. The molecule has 0 N–H and O–H groups in total. The van der Waals surface area contributed by atoms with Crippen LogP contribution < -0.4 is 4.90 Å². The third-order valence-corrected chi connectivity index (χ3v) is 10.6. The molecule has 0 saturated carbocycles. The largest absolute Gasteiger partial charge is 0.309 e. The molecule has 10 aromatic carbocycles. The second kappa shape index (κ2) is 13.0. The van der Waals surface area contributed by atoms with Crippen LogP contribution in [-0.2, 0) is 0 Å². The summed E-state index contributed by atoms with van der Waals surface area (Å²) < 4.78 is 0. The molecule has 1 heteroatoms. The fraction of sp³-hybridized carbons (Fsp3) is 0. The van der Waals surface area contributed by atoms with Gasteiger partial charge >= 0.3 is 0 Å². The van der Waals surface area contributed by atoms with Crippen LogP contribution in [0.15, 0.2) is 212 Å². The van der Waals surface area contributed by atoms with E-state index in [4.69, 9.17) is 0 Å². The van der Waals surface area contributed by atoms with Gasteiger partial charge in [0.2, 0.25) is 0 Å². The van der Waals surface area contributed by atoms with E-state index >= 15 is 0 Å². The third-order valence-electron chi connectivity index (χ3n) is 10.6. The van der Waals surface area contributed by atoms with E-state index in [1.807, 2.05) is 0 Å². The van der Waals surface area contributed by atoms with Crippen molar-refractivity contribution in [1.29, 1.82) is 0 Å². The molecule has 0 unspecified atom stereocenters. The summed E-state index contributed by atoms with van der Waals surface area (Å²) in [5, 5.41) is 9.83. The Morgan fingerprint density at radius 3 is 1.51 bits per heavy atom. The topological polar surface area (TPSA) is 3.24 Å². The summed E-state index contributed by atoms with van der Waals surface area (Å²) in [6, 6.07) is 77.5. The normalized spacial score (nSPS) is 11.4. The third kappa shape index (κ3) is 5.60. The lowest BCUT2D eigenvalue weighted by molar-refractivity contribution is 1.30. The van der Waals surface area contributed by atoms with Gasteiger partial charge in [0.05, 0.1) is 11.4 Å². The second-order valence-electron chi connectivity index (χ2n) is 13.8. The fourth-order valence-electron chi connectivity index (χ4n) is 7.97. The van der Waals surface area contributed by atoms with Gasteiger partial charge < -0.3 is 4.90 Å². The second-order valence-corrected chi connectivity index (χ2v) is 13.8. The Kier molecular flexibility index (Phi) is 7.55. The van der Waals surface area contributed by atoms with E-state index in [1.54, 1.807) is 0 Å². The first kappa shape index (κ1) is 30.8. The highest BCUT2D eigenvalue weighted by molar-refractivity contribution is 6.04. The summed E-state index contributed by atoms with van der Waals surface area (Å²) >= 11 is 0. The van der Waals surface area contributed by atoms with Crippen LogP contribution in [0.5, 0.6) is 0 Å². The monoisotopic (exact) mass is 673 g/mol. The molecule has 10 rings (SSSR count). The first-order chi connectivity index (χ1) is 26.3. The van der Waals surface area contributed by atoms with Crippen molar-refractivity contribution in [2.75, 3.05) is 4.90 Å². The fourth-order valence-corrected chi connectivity index (χ4v) is 7.97. The van der Waals surface area contributed by atoms with Gasteiger partial charge in [-0.05, 0) is 102 Å². The molecule has 0 amide bonds. The predicted molar refractivity (Wildman–Crippen MR) is 227 cm³/mol. The van der Waals surface area contributed by atoms with Gasteiger partial charge in [-0.25, -0.2) is 0 Å². The van der Waals surface area contributed by atoms with Crippen LogP contribution in [0.4, 0.5) is 17.1 Å². The zero-order valence-corrected chi connectivity index (χ0v) is 29.2. The Morgan fingerprint density at radius 1 is 0.245 bits per heavy atom. The average Bonchev–Trinajstić information content (AvgIpc) is 3.23. The summed E-state index contributed by atoms with van der Waals surface area (Å²) in [5.74, 6) is 0. The van der Waals surface area contributed by atoms with Crippen molar-refractivity contribution in [2.24, 2.45) is 0 Å². The van der Waals surface area contributed by atoms with Crippen LogP contribution in [0.1, 0.15) is 0 Å². The van der Waals surface area contributed by atoms with Crippen molar-refractivity contribution in [3.63, 3.8) is 0 Å². The highest BCUT2D eigenvalue weighted by Gasteiger charge is 2.21. The van der Waals surface area contributed by atoms with Crippen LogP contribution in [-0.4, -0.2) is 0 Å². The zero-order valence-electron chi connectivity index (χ0n) is 29.2. The van der Waals surface area contributed by atoms with Gasteiger partial charge in [0.1, 0.15) is 0 Å². The van der Waals surface area contributed by atoms with Crippen molar-refractivity contribution < 1.29 is 0 Å². The number of anilines is 3. The molecule has 53 heavy (non-hydrogen) atoms. The molecular weight excluding hydrogens is 639 g/mol. The van der Waals surface area contributed by atoms with E-state index in [1.165, 1.54) is 76.5 Å². The minimum atomic E-state index is 1.10. The Balaban J connectivity index is 1.26. The lowest BCUT2D eigenvalue weighted by Gasteiger charge is -2.30. The lowest BCUT2D eigenvalue weighted by Crippen LogP contribution is -2.12. The summed E-state index contributed by atoms with van der Waals surface area (Å²) in [5.41, 5.74) is 10.5. The lowest BCUT2D eigenvalue weighted by atomic mass is 9.93. The first-order valence-electron chi connectivity index (χ1n) is 18.3. The molecule has 0 aliphatic carbocycles. The van der Waals surface area contributed by atoms with E-state index < -0.39 is 0 Å². The van der Waals surface area contributed by atoms with E-state index in [-0.39, 0.29) is 0 Å². The van der Waals surface area contributed by atoms with Gasteiger partial charge in [-0.3, -0.25) is 0 Å². The number of fused-ring (bicyclic) bond motifs is 4. The molecule has 1 nitrogen and oxygen atoms in total. The molecule has 0 heterocycles. The smallest absolute Gasteiger partial charge is 0.0546 e. The van der Waals surface area contributed by atoms with Crippen LogP contribution in [0.2, 0.25) is 0 Å². The van der Waals surface area contributed by atoms with E-state index in [9.17, 15) is 0 Å². The standard InChI is InChI=1S/C52H35N/c1-3-16-40-32-42(28-26-36(40)12-1)43-30-31-50(45-29-27-37-13-2-4-17-41(37)33-45)52(35-43)53(51-25-11-19-39-15-6-8-23-49(39)51)46-21-9-20-44(34-46)48-24-10-18-38-14-5-7-22-47(38)48/h1-35H. The van der Waals surface area contributed by atoms with Gasteiger partial charge in [0.15, 0.2) is 0 Å². The first-order valence-corrected chi connectivity index (χ1v) is 18.3. The van der Waals surface area contributed by atoms with Crippen molar-refractivity contribution in [1.82, 2.24) is 0 Å². The van der Waals surface area contributed by atoms with Crippen LogP contribution in [0.25, 0.3) is 76.5 Å². The highest BCUT2D eigenvalue weighted by Crippen LogP contribution is 2.46. The minimum absolute atomic E-state index is 1.10. The van der Waals surface area contributed by atoms with Crippen molar-refractivity contribution >= 4 is 60.2 Å². The number of hydrogen-bond donors (Lipinski definition) is 0. The van der Waals surface area contributed by atoms with Gasteiger partial charge in [-0.1, -0.05) is 176 Å². The Labute approximate surface area is 309 Å². The van der Waals surface area contributed by atoms with Gasteiger partial charge in [0, 0.05) is 16.6 Å². The molecule has 0 radical (unpaired) electrons. The maximum Gasteiger partial charge on any atom is 0.0546 e.